The first kappa shape index (κ1) is 24.1. The van der Waals surface area contributed by atoms with Crippen LogP contribution in [0, 0.1) is 11.3 Å². The molecule has 0 radical (unpaired) electrons. The number of nitrogens with one attached hydrogen (secondary N) is 5. The van der Waals surface area contributed by atoms with E-state index in [-0.39, 0.29) is 42.5 Å². The molecule has 9 heteroatoms. The minimum atomic E-state index is -0.420. The van der Waals surface area contributed by atoms with Gasteiger partial charge in [0, 0.05) is 34.9 Å². The molecule has 174 valence electrons. The zero-order valence-electron chi connectivity index (χ0n) is 18.2. The molecule has 1 saturated carbocycles. The van der Waals surface area contributed by atoms with E-state index in [0.29, 0.717) is 18.5 Å². The van der Waals surface area contributed by atoms with Crippen molar-refractivity contribution < 1.29 is 9.59 Å². The number of nitrogens with two attached hydrogens (primary N) is 1. The van der Waals surface area contributed by atoms with E-state index in [2.05, 4.69) is 27.0 Å². The third kappa shape index (κ3) is 6.26. The third-order valence-electron chi connectivity index (χ3n) is 5.69. The Bertz CT molecular complexity index is 1140. The molecular weight excluding hydrogens is 440 g/mol. The number of fused-ring (bicyclic) bond motifs is 1. The van der Waals surface area contributed by atoms with Crippen LogP contribution < -0.4 is 21.7 Å². The molecule has 4 rings (SSSR count). The van der Waals surface area contributed by atoms with E-state index in [0.717, 1.165) is 35.0 Å². The molecule has 1 fully saturated rings. The summed E-state index contributed by atoms with van der Waals surface area (Å²) in [6.07, 6.45) is 4.61. The number of aromatic nitrogens is 1. The van der Waals surface area contributed by atoms with Gasteiger partial charge in [0.05, 0.1) is 6.54 Å². The van der Waals surface area contributed by atoms with Crippen LogP contribution in [0.1, 0.15) is 24.0 Å². The van der Waals surface area contributed by atoms with Crippen molar-refractivity contribution in [2.75, 3.05) is 18.4 Å². The molecule has 0 bridgehead atoms. The lowest BCUT2D eigenvalue weighted by Gasteiger charge is -2.19. The van der Waals surface area contributed by atoms with E-state index in [1.807, 2.05) is 30.5 Å². The van der Waals surface area contributed by atoms with Crippen LogP contribution in [0.5, 0.6) is 0 Å². The van der Waals surface area contributed by atoms with Crippen molar-refractivity contribution in [2.45, 2.75) is 25.3 Å². The number of hydrogen-bond donors (Lipinski definition) is 6. The summed E-state index contributed by atoms with van der Waals surface area (Å²) in [4.78, 5) is 28.2. The highest BCUT2D eigenvalue weighted by atomic mass is 35.5. The molecule has 1 aromatic heterocycles. The van der Waals surface area contributed by atoms with Crippen molar-refractivity contribution in [1.29, 1.82) is 5.41 Å². The second kappa shape index (κ2) is 10.9. The van der Waals surface area contributed by atoms with Gasteiger partial charge in [0.25, 0.3) is 0 Å². The Morgan fingerprint density at radius 1 is 1.12 bits per heavy atom. The van der Waals surface area contributed by atoms with Gasteiger partial charge in [-0.05, 0) is 48.9 Å². The summed E-state index contributed by atoms with van der Waals surface area (Å²) in [5, 5.41) is 17.6. The first-order chi connectivity index (χ1) is 15.5. The van der Waals surface area contributed by atoms with Crippen LogP contribution in [0.3, 0.4) is 0 Å². The highest BCUT2D eigenvalue weighted by Crippen LogP contribution is 2.34. The largest absolute Gasteiger partial charge is 0.384 e. The number of carbonyl (C=O) groups excluding carboxylic acids is 2. The lowest BCUT2D eigenvalue weighted by atomic mass is 10.1. The number of nitrogen functional groups attached to an aromatic ring is 1. The van der Waals surface area contributed by atoms with Gasteiger partial charge in [0.1, 0.15) is 11.9 Å². The van der Waals surface area contributed by atoms with E-state index in [9.17, 15) is 9.59 Å². The van der Waals surface area contributed by atoms with Crippen molar-refractivity contribution >= 4 is 46.6 Å². The molecule has 1 aliphatic rings. The Hall–Kier alpha value is -3.52. The predicted molar refractivity (Wildman–Crippen MR) is 133 cm³/mol. The van der Waals surface area contributed by atoms with E-state index in [1.54, 1.807) is 18.2 Å². The number of benzene rings is 2. The van der Waals surface area contributed by atoms with Crippen LogP contribution in [0.15, 0.2) is 54.7 Å². The fourth-order valence-electron chi connectivity index (χ4n) is 3.80. The fourth-order valence-corrected chi connectivity index (χ4v) is 3.80. The highest BCUT2D eigenvalue weighted by Gasteiger charge is 2.36. The smallest absolute Gasteiger partial charge is 0.243 e. The van der Waals surface area contributed by atoms with Crippen molar-refractivity contribution in [3.8, 4) is 0 Å². The molecule has 7 N–H and O–H groups in total. The lowest BCUT2D eigenvalue weighted by molar-refractivity contribution is -0.126. The van der Waals surface area contributed by atoms with Crippen LogP contribution in [0.25, 0.3) is 10.9 Å². The molecule has 0 aliphatic heterocycles. The van der Waals surface area contributed by atoms with E-state index >= 15 is 0 Å². The second-order valence-corrected chi connectivity index (χ2v) is 8.13. The molecule has 1 aliphatic carbocycles. The zero-order chi connectivity index (χ0) is 22.5. The molecular formula is C24H29ClN6O2. The van der Waals surface area contributed by atoms with Gasteiger partial charge in [-0.15, -0.1) is 12.4 Å². The third-order valence-corrected chi connectivity index (χ3v) is 5.69. The Balaban J connectivity index is 0.00000306. The Morgan fingerprint density at radius 2 is 1.91 bits per heavy atom. The number of hydrogen-bond acceptors (Lipinski definition) is 4. The molecule has 33 heavy (non-hydrogen) atoms. The summed E-state index contributed by atoms with van der Waals surface area (Å²) in [5.41, 5.74) is 9.11. The van der Waals surface area contributed by atoms with E-state index < -0.39 is 6.04 Å². The Kier molecular flexibility index (Phi) is 7.95. The number of halogens is 1. The van der Waals surface area contributed by atoms with Crippen LogP contribution in [-0.2, 0) is 16.0 Å². The average Bonchev–Trinajstić information content (AvgIpc) is 3.56. The van der Waals surface area contributed by atoms with Gasteiger partial charge in [0.15, 0.2) is 0 Å². The summed E-state index contributed by atoms with van der Waals surface area (Å²) in [5.74, 6) is -0.204. The molecule has 2 aromatic carbocycles. The maximum Gasteiger partial charge on any atom is 0.243 e. The molecule has 0 spiro atoms. The summed E-state index contributed by atoms with van der Waals surface area (Å²) < 4.78 is 0. The molecule has 2 amide bonds. The first-order valence-corrected chi connectivity index (χ1v) is 10.8. The van der Waals surface area contributed by atoms with Crippen LogP contribution in [0.4, 0.5) is 5.69 Å². The summed E-state index contributed by atoms with van der Waals surface area (Å²) in [7, 11) is 0. The molecule has 1 heterocycles. The van der Waals surface area contributed by atoms with Gasteiger partial charge < -0.3 is 26.7 Å². The van der Waals surface area contributed by atoms with E-state index in [4.69, 9.17) is 11.1 Å². The van der Waals surface area contributed by atoms with Crippen LogP contribution in [0.2, 0.25) is 0 Å². The number of para-hydroxylation sites is 1. The lowest BCUT2D eigenvalue weighted by Crippen LogP contribution is -2.45. The van der Waals surface area contributed by atoms with Crippen molar-refractivity contribution in [3.63, 3.8) is 0 Å². The summed E-state index contributed by atoms with van der Waals surface area (Å²) >= 11 is 0. The number of amides is 2. The van der Waals surface area contributed by atoms with Crippen molar-refractivity contribution in [1.82, 2.24) is 15.6 Å². The number of anilines is 1. The number of carbonyl (C=O) groups is 2. The monoisotopic (exact) mass is 468 g/mol. The first-order valence-electron chi connectivity index (χ1n) is 10.8. The Morgan fingerprint density at radius 3 is 2.67 bits per heavy atom. The topological polar surface area (TPSA) is 136 Å². The predicted octanol–water partition coefficient (Wildman–Crippen LogP) is 2.54. The normalized spacial score (nSPS) is 13.6. The van der Waals surface area contributed by atoms with Gasteiger partial charge >= 0.3 is 0 Å². The zero-order valence-corrected chi connectivity index (χ0v) is 19.0. The number of rotatable bonds is 10. The van der Waals surface area contributed by atoms with Crippen LogP contribution >= 0.6 is 12.4 Å². The molecule has 0 saturated heterocycles. The summed E-state index contributed by atoms with van der Waals surface area (Å²) in [6.45, 7) is 0.434. The Labute approximate surface area is 198 Å². The number of H-pyrrole nitrogens is 1. The maximum atomic E-state index is 12.7. The number of amidine groups is 1. The van der Waals surface area contributed by atoms with Gasteiger partial charge in [-0.25, -0.2) is 0 Å². The molecule has 8 nitrogen and oxygen atoms in total. The second-order valence-electron chi connectivity index (χ2n) is 8.13. The minimum Gasteiger partial charge on any atom is -0.384 e. The van der Waals surface area contributed by atoms with Crippen molar-refractivity contribution in [3.05, 3.63) is 65.9 Å². The fraction of sp³-hybridized carbons (Fsp3) is 0.292. The number of aromatic amines is 1. The average molecular weight is 469 g/mol. The highest BCUT2D eigenvalue weighted by molar-refractivity contribution is 5.96. The standard InChI is InChI=1S/C24H28N6O2.ClH/c25-23(26)16-4-3-5-18(12-16)30-22(15-8-9-15)24(32)29-14-21(31)27-11-10-17-13-28-20-7-2-1-6-19(17)20;/h1-7,12-13,15,22,28,30H,8-11,14H2,(H3,25,26)(H,27,31)(H,29,32);1H. The van der Waals surface area contributed by atoms with E-state index in [1.165, 1.54) is 0 Å². The quantitative estimate of drug-likeness (QED) is 0.201. The van der Waals surface area contributed by atoms with Gasteiger partial charge in [-0.3, -0.25) is 15.0 Å². The minimum absolute atomic E-state index is 0. The maximum absolute atomic E-state index is 12.7. The summed E-state index contributed by atoms with van der Waals surface area (Å²) in [6, 6.07) is 14.8. The van der Waals surface area contributed by atoms with Gasteiger partial charge in [0.2, 0.25) is 11.8 Å². The van der Waals surface area contributed by atoms with Gasteiger partial charge in [-0.2, -0.15) is 0 Å². The van der Waals surface area contributed by atoms with Gasteiger partial charge in [-0.1, -0.05) is 30.3 Å². The molecule has 3 aromatic rings. The van der Waals surface area contributed by atoms with Crippen molar-refractivity contribution in [2.24, 2.45) is 11.7 Å². The van der Waals surface area contributed by atoms with Crippen LogP contribution in [-0.4, -0.2) is 41.8 Å². The SMILES string of the molecule is Cl.N=C(N)c1cccc(NC(C(=O)NCC(=O)NCCc2c[nH]c3ccccc23)C2CC2)c1. The molecule has 1 atom stereocenters. The molecule has 1 unspecified atom stereocenters.